The van der Waals surface area contributed by atoms with Crippen molar-refractivity contribution in [3.63, 3.8) is 0 Å². The van der Waals surface area contributed by atoms with Gasteiger partial charge in [-0.1, -0.05) is 35.6 Å². The second-order valence-corrected chi connectivity index (χ2v) is 3.28. The normalized spacial score (nSPS) is 10.5. The highest BCUT2D eigenvalue weighted by atomic mass is 16.3. The van der Waals surface area contributed by atoms with Crippen molar-refractivity contribution in [3.8, 4) is 0 Å². The van der Waals surface area contributed by atoms with Gasteiger partial charge in [0.15, 0.2) is 0 Å². The number of carbonyl (C=O) groups is 1. The van der Waals surface area contributed by atoms with Gasteiger partial charge in [0.2, 0.25) is 0 Å². The molecule has 92 valence electrons. The van der Waals surface area contributed by atoms with Gasteiger partial charge in [-0.05, 0) is 5.56 Å². The van der Waals surface area contributed by atoms with Gasteiger partial charge in [0, 0.05) is 7.05 Å². The molecule has 0 aliphatic heterocycles. The largest absolute Gasteiger partial charge is 0.394 e. The molecule has 0 aliphatic rings. The fraction of sp³-hybridized carbons (Fsp3) is 0.364. The molecule has 0 atom stereocenters. The van der Waals surface area contributed by atoms with Crippen molar-refractivity contribution in [3.05, 3.63) is 35.9 Å². The molecule has 0 aliphatic carbocycles. The van der Waals surface area contributed by atoms with Crippen molar-refractivity contribution >= 4 is 6.03 Å². The maximum absolute atomic E-state index is 11.5. The van der Waals surface area contributed by atoms with Crippen molar-refractivity contribution in [2.45, 2.75) is 6.54 Å². The number of hydrogen-bond acceptors (Lipinski definition) is 4. The highest BCUT2D eigenvalue weighted by molar-refractivity contribution is 5.73. The van der Waals surface area contributed by atoms with Crippen LogP contribution in [0.5, 0.6) is 0 Å². The fourth-order valence-electron chi connectivity index (χ4n) is 1.20. The summed E-state index contributed by atoms with van der Waals surface area (Å²) in [6.45, 7) is 0.439. The predicted octanol–water partition coefficient (Wildman–Crippen LogP) is 1.19. The molecule has 1 rings (SSSR count). The molecular weight excluding hydrogens is 220 g/mol. The Balaban J connectivity index is 2.67. The third kappa shape index (κ3) is 4.60. The first kappa shape index (κ1) is 13.1. The number of aliphatic hydroxyl groups is 1. The number of urea groups is 1. The van der Waals surface area contributed by atoms with Crippen LogP contribution >= 0.6 is 0 Å². The van der Waals surface area contributed by atoms with Crippen LogP contribution in [0.2, 0.25) is 0 Å². The maximum Gasteiger partial charge on any atom is 0.339 e. The molecule has 0 aromatic heterocycles. The summed E-state index contributed by atoms with van der Waals surface area (Å²) in [5.41, 5.74) is 0.957. The van der Waals surface area contributed by atoms with E-state index >= 15 is 0 Å². The highest BCUT2D eigenvalue weighted by Gasteiger charge is 2.10. The van der Waals surface area contributed by atoms with Crippen LogP contribution in [0.25, 0.3) is 0 Å². The number of carbonyl (C=O) groups excluding carboxylic acids is 1. The number of rotatable bonds is 5. The molecule has 1 aromatic carbocycles. The van der Waals surface area contributed by atoms with Crippen molar-refractivity contribution in [1.29, 1.82) is 0 Å². The quantitative estimate of drug-likeness (QED) is 0.595. The molecule has 0 radical (unpaired) electrons. The van der Waals surface area contributed by atoms with E-state index in [9.17, 15) is 4.79 Å². The molecule has 2 N–H and O–H groups in total. The van der Waals surface area contributed by atoms with Crippen molar-refractivity contribution in [2.24, 2.45) is 10.3 Å². The number of benzene rings is 1. The summed E-state index contributed by atoms with van der Waals surface area (Å²) in [4.78, 5) is 11.5. The van der Waals surface area contributed by atoms with E-state index in [0.717, 1.165) is 5.56 Å². The van der Waals surface area contributed by atoms with Gasteiger partial charge in [-0.15, -0.1) is 0 Å². The topological polar surface area (TPSA) is 77.3 Å². The zero-order valence-corrected chi connectivity index (χ0v) is 9.71. The maximum atomic E-state index is 11.5. The van der Waals surface area contributed by atoms with Crippen LogP contribution in [0.1, 0.15) is 5.56 Å². The Morgan fingerprint density at radius 2 is 2.12 bits per heavy atom. The minimum Gasteiger partial charge on any atom is -0.394 e. The molecule has 0 bridgehead atoms. The second-order valence-electron chi connectivity index (χ2n) is 3.28. The summed E-state index contributed by atoms with van der Waals surface area (Å²) < 4.78 is 0. The Morgan fingerprint density at radius 3 is 2.71 bits per heavy atom. The van der Waals surface area contributed by atoms with Gasteiger partial charge in [0.05, 0.1) is 19.7 Å². The molecule has 0 fully saturated rings. The summed E-state index contributed by atoms with van der Waals surface area (Å²) in [5, 5.41) is 19.7. The van der Waals surface area contributed by atoms with E-state index in [1.807, 2.05) is 30.3 Å². The number of aliphatic hydroxyl groups excluding tert-OH is 1. The van der Waals surface area contributed by atoms with Gasteiger partial charge in [0.25, 0.3) is 0 Å². The molecule has 6 heteroatoms. The summed E-state index contributed by atoms with van der Waals surface area (Å²) in [6, 6.07) is 9.15. The molecule has 0 saturated carbocycles. The van der Waals surface area contributed by atoms with E-state index in [1.54, 1.807) is 0 Å². The highest BCUT2D eigenvalue weighted by Crippen LogP contribution is 2.05. The van der Waals surface area contributed by atoms with E-state index in [4.69, 9.17) is 5.11 Å². The van der Waals surface area contributed by atoms with Gasteiger partial charge in [-0.2, -0.15) is 10.1 Å². The van der Waals surface area contributed by atoms with Gasteiger partial charge >= 0.3 is 6.03 Å². The number of hydrogen-bond donors (Lipinski definition) is 2. The van der Waals surface area contributed by atoms with Crippen LogP contribution in [0.15, 0.2) is 40.7 Å². The number of amides is 2. The molecule has 0 unspecified atom stereocenters. The average Bonchev–Trinajstić information content (AvgIpc) is 2.38. The van der Waals surface area contributed by atoms with Gasteiger partial charge in [-0.25, -0.2) is 4.79 Å². The Hall–Kier alpha value is -1.95. The third-order valence-electron chi connectivity index (χ3n) is 1.99. The molecule has 1 aromatic rings. The summed E-state index contributed by atoms with van der Waals surface area (Å²) in [6.07, 6.45) is 0. The van der Waals surface area contributed by atoms with E-state index in [1.165, 1.54) is 12.1 Å². The minimum absolute atomic E-state index is 0.0869. The lowest BCUT2D eigenvalue weighted by Crippen LogP contribution is -2.33. The van der Waals surface area contributed by atoms with Crippen LogP contribution in [0.3, 0.4) is 0 Å². The summed E-state index contributed by atoms with van der Waals surface area (Å²) >= 11 is 0. The minimum atomic E-state index is -0.337. The Bertz CT molecular complexity index is 367. The molecular formula is C11H16N4O2. The zero-order chi connectivity index (χ0) is 12.5. The Kier molecular flexibility index (Phi) is 5.67. The monoisotopic (exact) mass is 236 g/mol. The van der Waals surface area contributed by atoms with Gasteiger partial charge < -0.3 is 10.4 Å². The van der Waals surface area contributed by atoms with Crippen LogP contribution in [-0.4, -0.2) is 36.3 Å². The fourth-order valence-corrected chi connectivity index (χ4v) is 1.20. The van der Waals surface area contributed by atoms with Crippen molar-refractivity contribution in [2.75, 3.05) is 20.2 Å². The Morgan fingerprint density at radius 1 is 1.41 bits per heavy atom. The van der Waals surface area contributed by atoms with Crippen LogP contribution in [0.4, 0.5) is 4.79 Å². The van der Waals surface area contributed by atoms with Crippen LogP contribution in [-0.2, 0) is 6.54 Å². The first-order valence-corrected chi connectivity index (χ1v) is 5.29. The Labute approximate surface area is 99.9 Å². The summed E-state index contributed by atoms with van der Waals surface area (Å²) in [5.74, 6) is 0. The van der Waals surface area contributed by atoms with E-state index in [0.29, 0.717) is 6.54 Å². The van der Waals surface area contributed by atoms with Crippen LogP contribution in [0, 0.1) is 0 Å². The predicted molar refractivity (Wildman–Crippen MR) is 63.2 cm³/mol. The molecule has 0 heterocycles. The lowest BCUT2D eigenvalue weighted by molar-refractivity contribution is 0.193. The molecule has 6 nitrogen and oxygen atoms in total. The van der Waals surface area contributed by atoms with Crippen molar-refractivity contribution in [1.82, 2.24) is 10.3 Å². The lowest BCUT2D eigenvalue weighted by atomic mass is 10.2. The number of nitrogens with zero attached hydrogens (tertiary/aromatic N) is 3. The van der Waals surface area contributed by atoms with E-state index < -0.39 is 0 Å². The van der Waals surface area contributed by atoms with Crippen molar-refractivity contribution < 1.29 is 9.90 Å². The number of nitrogens with one attached hydrogen (secondary N) is 1. The summed E-state index contributed by atoms with van der Waals surface area (Å²) in [7, 11) is 1.53. The van der Waals surface area contributed by atoms with Crippen LogP contribution < -0.4 is 5.32 Å². The standard InChI is InChI=1S/C11H16N4O2/c1-12-11(17)15(14-13-7-8-16)9-10-5-3-2-4-6-10/h2-6,16H,7-9H2,1H3,(H,12,17). The third-order valence-corrected chi connectivity index (χ3v) is 1.99. The van der Waals surface area contributed by atoms with E-state index in [-0.39, 0.29) is 19.2 Å². The van der Waals surface area contributed by atoms with E-state index in [2.05, 4.69) is 15.7 Å². The lowest BCUT2D eigenvalue weighted by Gasteiger charge is -2.14. The average molecular weight is 236 g/mol. The first-order valence-electron chi connectivity index (χ1n) is 5.29. The second kappa shape index (κ2) is 7.34. The molecule has 0 saturated heterocycles. The molecule has 17 heavy (non-hydrogen) atoms. The zero-order valence-electron chi connectivity index (χ0n) is 9.71. The molecule has 0 spiro atoms. The molecule has 2 amide bonds. The van der Waals surface area contributed by atoms with Gasteiger partial charge in [0.1, 0.15) is 0 Å². The smallest absolute Gasteiger partial charge is 0.339 e. The van der Waals surface area contributed by atoms with Gasteiger partial charge in [-0.3, -0.25) is 0 Å². The SMILES string of the molecule is CNC(=O)N(Cc1ccccc1)N=NCCO. The first-order chi connectivity index (χ1) is 8.27.